The minimum absolute atomic E-state index is 0.129. The van der Waals surface area contributed by atoms with E-state index in [0.29, 0.717) is 12.5 Å². The average Bonchev–Trinajstić information content (AvgIpc) is 3.27. The van der Waals surface area contributed by atoms with Gasteiger partial charge >= 0.3 is 137 Å². The number of likely N-dealkylation sites (N-methyl/N-ethyl adjacent to an activating group) is 1. The number of rotatable bonds is 4. The Morgan fingerprint density at radius 2 is 2.13 bits per heavy atom. The van der Waals surface area contributed by atoms with Gasteiger partial charge in [-0.25, -0.2) is 0 Å². The van der Waals surface area contributed by atoms with E-state index in [4.69, 9.17) is 0 Å². The molecule has 23 heavy (non-hydrogen) atoms. The molecule has 0 N–H and O–H groups in total. The van der Waals surface area contributed by atoms with E-state index in [2.05, 4.69) is 48.1 Å². The van der Waals surface area contributed by atoms with Crippen molar-refractivity contribution < 1.29 is 0 Å². The second-order valence-corrected chi connectivity index (χ2v) is 7.23. The van der Waals surface area contributed by atoms with E-state index in [1.807, 2.05) is 17.6 Å². The molecule has 3 nitrogen and oxygen atoms in total. The van der Waals surface area contributed by atoms with E-state index in [1.165, 1.54) is 42.7 Å². The maximum absolute atomic E-state index is 12.4. The third-order valence-electron chi connectivity index (χ3n) is 4.73. The van der Waals surface area contributed by atoms with Gasteiger partial charge in [-0.05, 0) is 0 Å². The van der Waals surface area contributed by atoms with Crippen LogP contribution >= 0.6 is 7.83 Å². The number of fused-ring (bicyclic) bond motifs is 1. The van der Waals surface area contributed by atoms with Gasteiger partial charge in [0.15, 0.2) is 0 Å². The predicted molar refractivity (Wildman–Crippen MR) is 101 cm³/mol. The Bertz CT molecular complexity index is 944. The van der Waals surface area contributed by atoms with Gasteiger partial charge in [-0.3, -0.25) is 0 Å². The Kier molecular flexibility index (Phi) is 3.61. The summed E-state index contributed by atoms with van der Waals surface area (Å²) in [4.78, 5) is 14.6. The number of hydrogen-bond acceptors (Lipinski definition) is 2. The van der Waals surface area contributed by atoms with E-state index < -0.39 is 0 Å². The summed E-state index contributed by atoms with van der Waals surface area (Å²) >= 11 is 0. The minimum atomic E-state index is 0.129. The first-order valence-electron chi connectivity index (χ1n) is 8.18. The SMILES string of the molecule is CCn1c(=O)cc(C2CC2)c2cc(N(C)C3=[P+]=CC=C3)ccc21. The zero-order valence-corrected chi connectivity index (χ0v) is 14.4. The normalized spacial score (nSPS) is 16.5. The van der Waals surface area contributed by atoms with Crippen molar-refractivity contribution >= 4 is 35.6 Å². The van der Waals surface area contributed by atoms with Crippen molar-refractivity contribution in [1.82, 2.24) is 4.57 Å². The second-order valence-electron chi connectivity index (χ2n) is 6.21. The molecule has 1 aromatic heterocycles. The Labute approximate surface area is 137 Å². The third-order valence-corrected chi connectivity index (χ3v) is 5.76. The topological polar surface area (TPSA) is 25.2 Å². The molecule has 0 spiro atoms. The molecule has 0 radical (unpaired) electrons. The van der Waals surface area contributed by atoms with Gasteiger partial charge in [-0.2, -0.15) is 0 Å². The number of hydrogen-bond donors (Lipinski definition) is 0. The van der Waals surface area contributed by atoms with Crippen LogP contribution in [0.4, 0.5) is 5.69 Å². The fourth-order valence-electron chi connectivity index (χ4n) is 3.29. The van der Waals surface area contributed by atoms with Crippen molar-refractivity contribution in [3.05, 3.63) is 52.3 Å². The summed E-state index contributed by atoms with van der Waals surface area (Å²) in [5.41, 5.74) is 4.89. The molecule has 4 heteroatoms. The number of aromatic nitrogens is 1. The molecule has 1 aliphatic heterocycles. The summed E-state index contributed by atoms with van der Waals surface area (Å²) in [6.07, 6.45) is 6.66. The Balaban J connectivity index is 1.92. The average molecular weight is 323 g/mol. The number of allylic oxidation sites excluding steroid dienone is 1. The molecule has 0 bridgehead atoms. The Morgan fingerprint density at radius 3 is 2.78 bits per heavy atom. The van der Waals surface area contributed by atoms with E-state index in [9.17, 15) is 4.79 Å². The van der Waals surface area contributed by atoms with Crippen LogP contribution in [0.25, 0.3) is 10.9 Å². The fraction of sp³-hybridized carbons (Fsp3) is 0.316. The Hall–Kier alpha value is -1.86. The van der Waals surface area contributed by atoms with Crippen LogP contribution in [0.2, 0.25) is 0 Å². The number of anilines is 1. The van der Waals surface area contributed by atoms with Crippen LogP contribution in [0.3, 0.4) is 0 Å². The first-order chi connectivity index (χ1) is 11.2. The molecule has 1 aliphatic carbocycles. The summed E-state index contributed by atoms with van der Waals surface area (Å²) in [7, 11) is 3.35. The molecular weight excluding hydrogens is 303 g/mol. The molecule has 0 saturated heterocycles. The Morgan fingerprint density at radius 1 is 1.30 bits per heavy atom. The number of aryl methyl sites for hydroxylation is 1. The van der Waals surface area contributed by atoms with Crippen LogP contribution in [-0.4, -0.2) is 22.8 Å². The molecule has 0 amide bonds. The van der Waals surface area contributed by atoms with Crippen molar-refractivity contribution in [3.63, 3.8) is 0 Å². The standard InChI is InChI=1S/C19H20N2OP/c1-3-21-17-9-8-14(20(2)19-5-4-10-23-19)11-16(17)15(12-18(21)22)13-6-7-13/h4-5,8-13H,3,6-7H2,1-2H3/q+1. The van der Waals surface area contributed by atoms with Crippen LogP contribution in [-0.2, 0) is 6.54 Å². The molecule has 116 valence electrons. The number of nitrogens with zero attached hydrogens (tertiary/aromatic N) is 2. The molecular formula is C19H20N2OP+. The van der Waals surface area contributed by atoms with Crippen LogP contribution < -0.4 is 10.5 Å². The molecule has 1 saturated carbocycles. The van der Waals surface area contributed by atoms with Gasteiger partial charge in [0.1, 0.15) is 0 Å². The van der Waals surface area contributed by atoms with Crippen molar-refractivity contribution in [2.45, 2.75) is 32.2 Å². The summed E-state index contributed by atoms with van der Waals surface area (Å²) in [5.74, 6) is 2.72. The van der Waals surface area contributed by atoms with Crippen molar-refractivity contribution in [2.24, 2.45) is 0 Å². The van der Waals surface area contributed by atoms with E-state index in [0.717, 1.165) is 5.52 Å². The van der Waals surface area contributed by atoms with Gasteiger partial charge in [-0.15, -0.1) is 0 Å². The zero-order chi connectivity index (χ0) is 16.0. The number of pyridine rings is 1. The van der Waals surface area contributed by atoms with Gasteiger partial charge in [0.25, 0.3) is 0 Å². The van der Waals surface area contributed by atoms with Gasteiger partial charge < -0.3 is 0 Å². The second kappa shape index (κ2) is 5.65. The van der Waals surface area contributed by atoms with E-state index in [-0.39, 0.29) is 5.56 Å². The van der Waals surface area contributed by atoms with E-state index >= 15 is 0 Å². The van der Waals surface area contributed by atoms with Crippen molar-refractivity contribution in [3.8, 4) is 0 Å². The van der Waals surface area contributed by atoms with E-state index in [1.54, 1.807) is 0 Å². The molecule has 2 aliphatic rings. The quantitative estimate of drug-likeness (QED) is 0.800. The summed E-state index contributed by atoms with van der Waals surface area (Å²) in [6, 6.07) is 8.35. The van der Waals surface area contributed by atoms with Crippen LogP contribution in [0.5, 0.6) is 0 Å². The third kappa shape index (κ3) is 2.53. The number of benzene rings is 1. The van der Waals surface area contributed by atoms with Gasteiger partial charge in [0.2, 0.25) is 0 Å². The molecule has 0 atom stereocenters. The molecule has 4 rings (SSSR count). The molecule has 2 aromatic rings. The van der Waals surface area contributed by atoms with Gasteiger partial charge in [0, 0.05) is 0 Å². The molecule has 1 aromatic carbocycles. The molecule has 2 heterocycles. The van der Waals surface area contributed by atoms with Crippen LogP contribution in [0.15, 0.2) is 41.2 Å². The molecule has 0 unspecified atom stereocenters. The van der Waals surface area contributed by atoms with Crippen molar-refractivity contribution in [2.75, 3.05) is 11.9 Å². The summed E-state index contributed by atoms with van der Waals surface area (Å²) in [6.45, 7) is 2.74. The molecule has 1 fully saturated rings. The van der Waals surface area contributed by atoms with Crippen LogP contribution in [0, 0.1) is 0 Å². The zero-order valence-electron chi connectivity index (χ0n) is 13.5. The monoisotopic (exact) mass is 323 g/mol. The maximum atomic E-state index is 12.4. The first-order valence-corrected chi connectivity index (χ1v) is 9.14. The van der Waals surface area contributed by atoms with Gasteiger partial charge in [0.05, 0.1) is 0 Å². The van der Waals surface area contributed by atoms with Crippen molar-refractivity contribution in [1.29, 1.82) is 0 Å². The summed E-state index contributed by atoms with van der Waals surface area (Å²) in [5, 5.41) is 1.24. The van der Waals surface area contributed by atoms with Gasteiger partial charge in [-0.1, -0.05) is 0 Å². The summed E-state index contributed by atoms with van der Waals surface area (Å²) < 4.78 is 1.87. The fourth-order valence-corrected chi connectivity index (χ4v) is 4.07. The predicted octanol–water partition coefficient (Wildman–Crippen LogP) is 3.78. The first kappa shape index (κ1) is 14.7. The van der Waals surface area contributed by atoms with Crippen LogP contribution in [0.1, 0.15) is 31.2 Å².